The van der Waals surface area contributed by atoms with Crippen molar-refractivity contribution in [3.8, 4) is 0 Å². The first-order chi connectivity index (χ1) is 11.1. The lowest BCUT2D eigenvalue weighted by atomic mass is 9.87. The maximum Gasteiger partial charge on any atom is 0.139 e. The van der Waals surface area contributed by atoms with Gasteiger partial charge in [-0.05, 0) is 18.4 Å². The van der Waals surface area contributed by atoms with Crippen molar-refractivity contribution in [3.63, 3.8) is 0 Å². The van der Waals surface area contributed by atoms with Crippen LogP contribution in [0.3, 0.4) is 0 Å². The van der Waals surface area contributed by atoms with Crippen LogP contribution in [0.15, 0.2) is 42.5 Å². The molecule has 0 aromatic heterocycles. The molecule has 4 atom stereocenters. The average molecular weight is 316 g/mol. The third-order valence-corrected chi connectivity index (χ3v) is 4.69. The fraction of sp³-hybridized carbons (Fsp3) is 0.550. The van der Waals surface area contributed by atoms with Crippen molar-refractivity contribution in [2.24, 2.45) is 11.8 Å². The molecule has 2 N–H and O–H groups in total. The van der Waals surface area contributed by atoms with Gasteiger partial charge in [0.1, 0.15) is 5.78 Å². The van der Waals surface area contributed by atoms with Crippen LogP contribution in [0.1, 0.15) is 44.6 Å². The fourth-order valence-electron chi connectivity index (χ4n) is 3.31. The number of rotatable bonds is 8. The van der Waals surface area contributed by atoms with E-state index >= 15 is 0 Å². The SMILES string of the molecule is CCCCC[C@H](O)C=C[C@H]1[C@H](O)CC(=O)[C@@H]1Cc1ccccc1. The Bertz CT molecular complexity index is 509. The highest BCUT2D eigenvalue weighted by molar-refractivity contribution is 5.85. The first-order valence-electron chi connectivity index (χ1n) is 8.73. The van der Waals surface area contributed by atoms with Gasteiger partial charge in [0.2, 0.25) is 0 Å². The molecule has 1 fully saturated rings. The van der Waals surface area contributed by atoms with Gasteiger partial charge >= 0.3 is 0 Å². The monoisotopic (exact) mass is 316 g/mol. The number of benzene rings is 1. The van der Waals surface area contributed by atoms with Gasteiger partial charge in [0.25, 0.3) is 0 Å². The Morgan fingerprint density at radius 2 is 2.00 bits per heavy atom. The van der Waals surface area contributed by atoms with Crippen LogP contribution in [0.4, 0.5) is 0 Å². The summed E-state index contributed by atoms with van der Waals surface area (Å²) in [6.07, 6.45) is 7.37. The number of hydrogen-bond donors (Lipinski definition) is 2. The predicted molar refractivity (Wildman–Crippen MR) is 92.0 cm³/mol. The molecule has 0 heterocycles. The number of aliphatic hydroxyl groups excluding tert-OH is 2. The minimum atomic E-state index is -0.629. The van der Waals surface area contributed by atoms with Crippen LogP contribution >= 0.6 is 0 Å². The predicted octanol–water partition coefficient (Wildman–Crippen LogP) is 3.29. The maximum absolute atomic E-state index is 12.2. The summed E-state index contributed by atoms with van der Waals surface area (Å²) >= 11 is 0. The molecular weight excluding hydrogens is 288 g/mol. The third-order valence-electron chi connectivity index (χ3n) is 4.69. The number of unbranched alkanes of at least 4 members (excludes halogenated alkanes) is 2. The van der Waals surface area contributed by atoms with Crippen LogP contribution in [0.25, 0.3) is 0 Å². The number of carbonyl (C=O) groups excluding carboxylic acids is 1. The second-order valence-electron chi connectivity index (χ2n) is 6.56. The third kappa shape index (κ3) is 5.29. The second-order valence-corrected chi connectivity index (χ2v) is 6.56. The molecule has 3 heteroatoms. The summed E-state index contributed by atoms with van der Waals surface area (Å²) in [5.41, 5.74) is 1.11. The molecule has 1 aliphatic carbocycles. The zero-order valence-corrected chi connectivity index (χ0v) is 13.9. The van der Waals surface area contributed by atoms with Crippen LogP contribution in [0, 0.1) is 11.8 Å². The van der Waals surface area contributed by atoms with Gasteiger partial charge in [-0.15, -0.1) is 0 Å². The van der Waals surface area contributed by atoms with E-state index in [9.17, 15) is 15.0 Å². The molecule has 1 aromatic carbocycles. The van der Waals surface area contributed by atoms with E-state index in [0.717, 1.165) is 31.2 Å². The number of aliphatic hydroxyl groups is 2. The highest BCUT2D eigenvalue weighted by atomic mass is 16.3. The molecular formula is C20H28O3. The van der Waals surface area contributed by atoms with E-state index in [0.29, 0.717) is 6.42 Å². The maximum atomic E-state index is 12.2. The largest absolute Gasteiger partial charge is 0.392 e. The van der Waals surface area contributed by atoms with Gasteiger partial charge in [-0.3, -0.25) is 4.79 Å². The van der Waals surface area contributed by atoms with Gasteiger partial charge < -0.3 is 10.2 Å². The molecule has 1 aliphatic rings. The smallest absolute Gasteiger partial charge is 0.139 e. The Kier molecular flexibility index (Phi) is 7.00. The molecule has 126 valence electrons. The summed E-state index contributed by atoms with van der Waals surface area (Å²) in [5.74, 6) is -0.258. The molecule has 0 spiro atoms. The molecule has 0 radical (unpaired) electrons. The summed E-state index contributed by atoms with van der Waals surface area (Å²) in [5, 5.41) is 20.2. The highest BCUT2D eigenvalue weighted by Crippen LogP contribution is 2.33. The highest BCUT2D eigenvalue weighted by Gasteiger charge is 2.39. The Hall–Kier alpha value is -1.45. The molecule has 1 saturated carbocycles. The number of ketones is 1. The standard InChI is InChI=1S/C20H28O3/c1-2-3-5-10-16(21)11-12-17-18(20(23)14-19(17)22)13-15-8-6-4-7-9-15/h4,6-9,11-12,16-19,21-22H,2-3,5,10,13-14H2,1H3/t16-,17+,18+,19+/m0/s1. The summed E-state index contributed by atoms with van der Waals surface area (Å²) < 4.78 is 0. The quantitative estimate of drug-likeness (QED) is 0.571. The van der Waals surface area contributed by atoms with Gasteiger partial charge in [-0.25, -0.2) is 0 Å². The van der Waals surface area contributed by atoms with E-state index in [1.165, 1.54) is 0 Å². The molecule has 1 aromatic rings. The van der Waals surface area contributed by atoms with Crippen molar-refractivity contribution in [3.05, 3.63) is 48.0 Å². The number of Topliss-reactive ketones (excluding diaryl/α,β-unsaturated/α-hetero) is 1. The van der Waals surface area contributed by atoms with E-state index in [4.69, 9.17) is 0 Å². The van der Waals surface area contributed by atoms with Gasteiger partial charge in [0.15, 0.2) is 0 Å². The average Bonchev–Trinajstić information content (AvgIpc) is 2.80. The second kappa shape index (κ2) is 8.99. The molecule has 0 bridgehead atoms. The Morgan fingerprint density at radius 3 is 2.70 bits per heavy atom. The molecule has 0 amide bonds. The van der Waals surface area contributed by atoms with Crippen molar-refractivity contribution < 1.29 is 15.0 Å². The molecule has 3 nitrogen and oxygen atoms in total. The topological polar surface area (TPSA) is 57.5 Å². The van der Waals surface area contributed by atoms with E-state index in [2.05, 4.69) is 6.92 Å². The minimum absolute atomic E-state index is 0.122. The molecule has 23 heavy (non-hydrogen) atoms. The Balaban J connectivity index is 1.98. The zero-order chi connectivity index (χ0) is 16.7. The van der Waals surface area contributed by atoms with Gasteiger partial charge in [-0.2, -0.15) is 0 Å². The van der Waals surface area contributed by atoms with E-state index in [1.807, 2.05) is 36.4 Å². The summed E-state index contributed by atoms with van der Waals surface area (Å²) in [7, 11) is 0. The minimum Gasteiger partial charge on any atom is -0.392 e. The van der Waals surface area contributed by atoms with Crippen molar-refractivity contribution in [2.45, 2.75) is 57.7 Å². The van der Waals surface area contributed by atoms with Crippen molar-refractivity contribution in [1.29, 1.82) is 0 Å². The molecule has 0 aliphatic heterocycles. The van der Waals surface area contributed by atoms with Crippen molar-refractivity contribution in [1.82, 2.24) is 0 Å². The van der Waals surface area contributed by atoms with Gasteiger partial charge in [0, 0.05) is 18.3 Å². The summed E-state index contributed by atoms with van der Waals surface area (Å²) in [6, 6.07) is 9.91. The van der Waals surface area contributed by atoms with E-state index in [-0.39, 0.29) is 24.0 Å². The molecule has 0 unspecified atom stereocenters. The lowest BCUT2D eigenvalue weighted by molar-refractivity contribution is -0.121. The first-order valence-corrected chi connectivity index (χ1v) is 8.73. The molecule has 2 rings (SSSR count). The van der Waals surface area contributed by atoms with Crippen molar-refractivity contribution in [2.75, 3.05) is 0 Å². The number of carbonyl (C=O) groups is 1. The first kappa shape index (κ1) is 17.9. The summed E-state index contributed by atoms with van der Waals surface area (Å²) in [4.78, 5) is 12.2. The van der Waals surface area contributed by atoms with Crippen LogP contribution in [-0.2, 0) is 11.2 Å². The van der Waals surface area contributed by atoms with Crippen molar-refractivity contribution >= 4 is 5.78 Å². The van der Waals surface area contributed by atoms with Gasteiger partial charge in [0.05, 0.1) is 12.2 Å². The summed E-state index contributed by atoms with van der Waals surface area (Å²) in [6.45, 7) is 2.14. The lowest BCUT2D eigenvalue weighted by Crippen LogP contribution is -2.21. The molecule has 0 saturated heterocycles. The van der Waals surface area contributed by atoms with Crippen LogP contribution in [0.2, 0.25) is 0 Å². The van der Waals surface area contributed by atoms with Crippen LogP contribution in [-0.4, -0.2) is 28.2 Å². The fourth-order valence-corrected chi connectivity index (χ4v) is 3.31. The van der Waals surface area contributed by atoms with E-state index in [1.54, 1.807) is 6.08 Å². The van der Waals surface area contributed by atoms with Gasteiger partial charge in [-0.1, -0.05) is 68.7 Å². The lowest BCUT2D eigenvalue weighted by Gasteiger charge is -2.18. The zero-order valence-electron chi connectivity index (χ0n) is 13.9. The van der Waals surface area contributed by atoms with Crippen LogP contribution < -0.4 is 0 Å². The number of hydrogen-bond acceptors (Lipinski definition) is 3. The Labute approximate surface area is 139 Å². The van der Waals surface area contributed by atoms with E-state index < -0.39 is 12.2 Å². The Morgan fingerprint density at radius 1 is 1.26 bits per heavy atom. The van der Waals surface area contributed by atoms with Crippen LogP contribution in [0.5, 0.6) is 0 Å². The normalized spacial score (nSPS) is 26.0.